The van der Waals surface area contributed by atoms with Crippen LogP contribution in [0.4, 0.5) is 15.9 Å². The van der Waals surface area contributed by atoms with Crippen molar-refractivity contribution in [3.63, 3.8) is 0 Å². The number of aromatic nitrogens is 2. The van der Waals surface area contributed by atoms with Gasteiger partial charge in [-0.15, -0.1) is 0 Å². The Morgan fingerprint density at radius 3 is 2.31 bits per heavy atom. The van der Waals surface area contributed by atoms with Gasteiger partial charge in [-0.05, 0) is 70.3 Å². The van der Waals surface area contributed by atoms with Crippen molar-refractivity contribution in [3.05, 3.63) is 60.4 Å². The molecule has 1 fully saturated rings. The minimum absolute atomic E-state index is 0.00253. The topological polar surface area (TPSA) is 90.8 Å². The van der Waals surface area contributed by atoms with Gasteiger partial charge in [0, 0.05) is 37.3 Å². The lowest BCUT2D eigenvalue weighted by atomic mass is 10.1. The van der Waals surface area contributed by atoms with Gasteiger partial charge in [-0.2, -0.15) is 0 Å². The van der Waals surface area contributed by atoms with E-state index in [1.807, 2.05) is 4.90 Å². The van der Waals surface area contributed by atoms with Crippen molar-refractivity contribution in [2.45, 2.75) is 26.4 Å². The summed E-state index contributed by atoms with van der Waals surface area (Å²) < 4.78 is 17.2. The van der Waals surface area contributed by atoms with Crippen LogP contribution < -0.4 is 10.1 Å². The summed E-state index contributed by atoms with van der Waals surface area (Å²) in [4.78, 5) is 25.9. The third kappa shape index (κ3) is 7.91. The molecular weight excluding hydrogens is 461 g/mol. The molecule has 1 aliphatic rings. The number of phenolic OH excluding ortho intramolecular Hbond substituents is 1. The lowest BCUT2D eigenvalue weighted by Crippen LogP contribution is -2.47. The van der Waals surface area contributed by atoms with Gasteiger partial charge in [0.1, 0.15) is 23.0 Å². The summed E-state index contributed by atoms with van der Waals surface area (Å²) in [5.74, 6) is 1.32. The number of carbonyl (C=O) groups is 1. The number of anilines is 2. The van der Waals surface area contributed by atoms with Gasteiger partial charge < -0.3 is 25.0 Å². The fourth-order valence-corrected chi connectivity index (χ4v) is 3.47. The van der Waals surface area contributed by atoms with E-state index in [4.69, 9.17) is 4.74 Å². The first kappa shape index (κ1) is 26.9. The number of amides is 1. The average Bonchev–Trinajstić information content (AvgIpc) is 2.84. The van der Waals surface area contributed by atoms with Gasteiger partial charge in [0.05, 0.1) is 30.9 Å². The number of hydrogen-bond donors (Lipinski definition) is 2. The maximum absolute atomic E-state index is 13.0. The smallest absolute Gasteiger partial charge is 0.254 e. The van der Waals surface area contributed by atoms with E-state index in [1.165, 1.54) is 20.8 Å². The number of nitrogens with one attached hydrogen (secondary N) is 1. The summed E-state index contributed by atoms with van der Waals surface area (Å²) in [6.45, 7) is 7.72. The van der Waals surface area contributed by atoms with E-state index < -0.39 is 5.67 Å². The number of methoxy groups -OCH3 is 1. The molecule has 0 aliphatic carbocycles. The fraction of sp³-hybridized carbons (Fsp3) is 0.370. The van der Waals surface area contributed by atoms with Gasteiger partial charge in [0.2, 0.25) is 0 Å². The van der Waals surface area contributed by atoms with E-state index in [2.05, 4.69) is 27.2 Å². The number of benzene rings is 2. The van der Waals surface area contributed by atoms with Crippen molar-refractivity contribution in [2.75, 3.05) is 45.7 Å². The maximum atomic E-state index is 13.0. The molecule has 0 spiro atoms. The maximum Gasteiger partial charge on any atom is 0.254 e. The Morgan fingerprint density at radius 1 is 1.06 bits per heavy atom. The highest BCUT2D eigenvalue weighted by Gasteiger charge is 2.21. The molecule has 0 radical (unpaired) electrons. The van der Waals surface area contributed by atoms with E-state index in [0.717, 1.165) is 18.7 Å². The van der Waals surface area contributed by atoms with Crippen LogP contribution in [0, 0.1) is 0 Å². The lowest BCUT2D eigenvalue weighted by Gasteiger charge is -2.32. The number of phenols is 1. The fourth-order valence-electron chi connectivity index (χ4n) is 3.47. The molecule has 8 nitrogen and oxygen atoms in total. The van der Waals surface area contributed by atoms with Crippen molar-refractivity contribution in [2.24, 2.45) is 0 Å². The van der Waals surface area contributed by atoms with E-state index in [9.17, 15) is 14.3 Å². The Morgan fingerprint density at radius 2 is 1.69 bits per heavy atom. The molecule has 0 bridgehead atoms. The van der Waals surface area contributed by atoms with Crippen LogP contribution in [0.2, 0.25) is 0 Å². The molecule has 192 valence electrons. The van der Waals surface area contributed by atoms with Crippen LogP contribution in [0.25, 0.3) is 11.3 Å². The summed E-state index contributed by atoms with van der Waals surface area (Å²) in [5, 5.41) is 12.7. The predicted molar refractivity (Wildman–Crippen MR) is 140 cm³/mol. The molecule has 2 aromatic carbocycles. The molecule has 4 rings (SSSR count). The minimum Gasteiger partial charge on any atom is -0.508 e. The zero-order valence-corrected chi connectivity index (χ0v) is 21.5. The van der Waals surface area contributed by atoms with Crippen LogP contribution in [-0.4, -0.2) is 76.8 Å². The zero-order valence-electron chi connectivity index (χ0n) is 21.5. The Balaban J connectivity index is 0.000000658. The molecule has 36 heavy (non-hydrogen) atoms. The van der Waals surface area contributed by atoms with Crippen molar-refractivity contribution in [3.8, 4) is 22.8 Å². The van der Waals surface area contributed by atoms with Crippen molar-refractivity contribution >= 4 is 17.4 Å². The third-order valence-corrected chi connectivity index (χ3v) is 5.30. The van der Waals surface area contributed by atoms with Crippen LogP contribution in [0.1, 0.15) is 31.1 Å². The number of alkyl halides is 1. The zero-order chi connectivity index (χ0) is 26.3. The second kappa shape index (κ2) is 11.8. The SMILES string of the molecule is CC(C)(C)F.COc1ccc(C(=O)N2CCN(C)CC2)cc1Nc1cncc(-c2ccc(O)cc2)n1. The molecule has 1 amide bonds. The Labute approximate surface area is 211 Å². The predicted octanol–water partition coefficient (Wildman–Crippen LogP) is 4.74. The normalized spacial score (nSPS) is 14.0. The highest BCUT2D eigenvalue weighted by Crippen LogP contribution is 2.29. The van der Waals surface area contributed by atoms with E-state index in [1.54, 1.807) is 62.0 Å². The first-order valence-corrected chi connectivity index (χ1v) is 11.8. The van der Waals surface area contributed by atoms with Crippen molar-refractivity contribution in [1.82, 2.24) is 19.8 Å². The molecule has 3 aromatic rings. The first-order valence-electron chi connectivity index (χ1n) is 11.8. The van der Waals surface area contributed by atoms with Gasteiger partial charge in [0.25, 0.3) is 5.91 Å². The number of piperazine rings is 1. The number of rotatable bonds is 5. The van der Waals surface area contributed by atoms with Crippen LogP contribution in [0.3, 0.4) is 0 Å². The summed E-state index contributed by atoms with van der Waals surface area (Å²) in [5.41, 5.74) is 1.73. The van der Waals surface area contributed by atoms with Crippen LogP contribution >= 0.6 is 0 Å². The monoisotopic (exact) mass is 495 g/mol. The number of likely N-dealkylation sites (N-methyl/N-ethyl adjacent to an activating group) is 1. The molecule has 0 atom stereocenters. The molecule has 0 saturated carbocycles. The molecule has 0 unspecified atom stereocenters. The number of ether oxygens (including phenoxy) is 1. The second-order valence-electron chi connectivity index (χ2n) is 9.54. The summed E-state index contributed by atoms with van der Waals surface area (Å²) in [6.07, 6.45) is 3.26. The molecule has 1 saturated heterocycles. The quantitative estimate of drug-likeness (QED) is 0.528. The molecular formula is C27H34FN5O3. The number of hydrogen-bond acceptors (Lipinski definition) is 7. The van der Waals surface area contributed by atoms with Crippen LogP contribution in [0.5, 0.6) is 11.5 Å². The van der Waals surface area contributed by atoms with Gasteiger partial charge in [0.15, 0.2) is 0 Å². The summed E-state index contributed by atoms with van der Waals surface area (Å²) in [7, 11) is 3.64. The van der Waals surface area contributed by atoms with Gasteiger partial charge in [-0.1, -0.05) is 0 Å². The van der Waals surface area contributed by atoms with Crippen molar-refractivity contribution in [1.29, 1.82) is 0 Å². The third-order valence-electron chi connectivity index (χ3n) is 5.30. The Kier molecular flexibility index (Phi) is 8.82. The number of halogens is 1. The number of aromatic hydroxyl groups is 1. The highest BCUT2D eigenvalue weighted by atomic mass is 19.1. The lowest BCUT2D eigenvalue weighted by molar-refractivity contribution is 0.0664. The Bertz CT molecular complexity index is 1150. The summed E-state index contributed by atoms with van der Waals surface area (Å²) >= 11 is 0. The van der Waals surface area contributed by atoms with Crippen LogP contribution in [-0.2, 0) is 0 Å². The van der Waals surface area contributed by atoms with Crippen molar-refractivity contribution < 1.29 is 19.0 Å². The minimum atomic E-state index is -1.00. The standard InChI is InChI=1S/C23H25N5O3.C4H9F/c1-27-9-11-28(12-10-27)23(30)17-5-8-21(31-2)19(13-17)25-22-15-24-14-20(26-22)16-3-6-18(29)7-4-16;1-4(2,3)5/h3-8,13-15,29H,9-12H2,1-2H3,(H,25,26);1-3H3. The second-order valence-corrected chi connectivity index (χ2v) is 9.54. The molecule has 1 aliphatic heterocycles. The Hall–Kier alpha value is -3.72. The van der Waals surface area contributed by atoms with E-state index in [-0.39, 0.29) is 11.7 Å². The molecule has 1 aromatic heterocycles. The average molecular weight is 496 g/mol. The van der Waals surface area contributed by atoms with E-state index >= 15 is 0 Å². The highest BCUT2D eigenvalue weighted by molar-refractivity contribution is 5.96. The molecule has 2 heterocycles. The van der Waals surface area contributed by atoms with Gasteiger partial charge >= 0.3 is 0 Å². The van der Waals surface area contributed by atoms with Gasteiger partial charge in [-0.3, -0.25) is 9.78 Å². The molecule has 2 N–H and O–H groups in total. The van der Waals surface area contributed by atoms with Crippen LogP contribution in [0.15, 0.2) is 54.9 Å². The summed E-state index contributed by atoms with van der Waals surface area (Å²) in [6, 6.07) is 12.1. The number of carbonyl (C=O) groups excluding carboxylic acids is 1. The largest absolute Gasteiger partial charge is 0.508 e. The first-order chi connectivity index (χ1) is 17.0. The van der Waals surface area contributed by atoms with E-state index in [0.29, 0.717) is 41.6 Å². The molecule has 9 heteroatoms. The van der Waals surface area contributed by atoms with Gasteiger partial charge in [-0.25, -0.2) is 9.37 Å². The number of nitrogens with zero attached hydrogens (tertiary/aromatic N) is 4.